The summed E-state index contributed by atoms with van der Waals surface area (Å²) in [4.78, 5) is 0. The van der Waals surface area contributed by atoms with E-state index in [0.717, 1.165) is 18.8 Å². The molecule has 0 radical (unpaired) electrons. The van der Waals surface area contributed by atoms with E-state index in [1.165, 1.54) is 0 Å². The molecule has 0 saturated heterocycles. The molecule has 1 atom stereocenters. The van der Waals surface area contributed by atoms with E-state index < -0.39 is 0 Å². The second-order valence-electron chi connectivity index (χ2n) is 2.83. The molecule has 0 heterocycles. The molecule has 0 rings (SSSR count). The maximum Gasteiger partial charge on any atom is 0.0289 e. The third kappa shape index (κ3) is 3.07. The van der Waals surface area contributed by atoms with Gasteiger partial charge in [0, 0.05) is 12.4 Å². The number of alkyl halides is 1. The Hall–Kier alpha value is 0.250. The average Bonchev–Trinajstić information content (AvgIpc) is 1.89. The van der Waals surface area contributed by atoms with Crippen molar-refractivity contribution in [3.63, 3.8) is 0 Å². The van der Waals surface area contributed by atoms with Crippen LogP contribution >= 0.6 is 11.6 Å². The molecule has 0 bridgehead atoms. The Morgan fingerprint density at radius 3 is 2.22 bits per heavy atom. The fourth-order valence-electron chi connectivity index (χ4n) is 0.694. The van der Waals surface area contributed by atoms with Crippen molar-refractivity contribution in [3.05, 3.63) is 0 Å². The summed E-state index contributed by atoms with van der Waals surface area (Å²) in [5, 5.41) is 3.13. The number of hydrogen-bond donors (Lipinski definition) is 1. The Morgan fingerprint density at radius 2 is 2.11 bits per heavy atom. The molecule has 0 aliphatic heterocycles. The van der Waals surface area contributed by atoms with Crippen LogP contribution in [-0.2, 0) is 0 Å². The summed E-state index contributed by atoms with van der Waals surface area (Å²) in [5.41, 5.74) is 0.288. The summed E-state index contributed by atoms with van der Waals surface area (Å²) < 4.78 is 0. The molecular formula is C7H16ClN. The highest BCUT2D eigenvalue weighted by atomic mass is 35.5. The van der Waals surface area contributed by atoms with Gasteiger partial charge >= 0.3 is 0 Å². The van der Waals surface area contributed by atoms with Gasteiger partial charge < -0.3 is 5.32 Å². The Morgan fingerprint density at radius 1 is 1.56 bits per heavy atom. The first kappa shape index (κ1) is 9.25. The van der Waals surface area contributed by atoms with Crippen molar-refractivity contribution >= 4 is 11.6 Å². The lowest BCUT2D eigenvalue weighted by Gasteiger charge is -2.24. The Kier molecular flexibility index (Phi) is 4.24. The maximum absolute atomic E-state index is 5.75. The predicted molar refractivity (Wildman–Crippen MR) is 43.0 cm³/mol. The summed E-state index contributed by atoms with van der Waals surface area (Å²) >= 11 is 5.75. The van der Waals surface area contributed by atoms with Crippen LogP contribution in [0.15, 0.2) is 0 Å². The van der Waals surface area contributed by atoms with Crippen LogP contribution in [0.1, 0.15) is 20.3 Å². The first-order chi connectivity index (χ1) is 4.18. The fourth-order valence-corrected chi connectivity index (χ4v) is 0.977. The first-order valence-corrected chi connectivity index (χ1v) is 3.92. The lowest BCUT2D eigenvalue weighted by Crippen LogP contribution is -2.30. The topological polar surface area (TPSA) is 12.0 Å². The SMILES string of the molecule is CCC(C)(CCl)CNC. The first-order valence-electron chi connectivity index (χ1n) is 3.39. The molecule has 2 heteroatoms. The molecule has 0 aromatic heterocycles. The van der Waals surface area contributed by atoms with E-state index in [0.29, 0.717) is 0 Å². The van der Waals surface area contributed by atoms with E-state index in [-0.39, 0.29) is 5.41 Å². The fraction of sp³-hybridized carbons (Fsp3) is 1.00. The predicted octanol–water partition coefficient (Wildman–Crippen LogP) is 1.86. The molecule has 0 aliphatic rings. The largest absolute Gasteiger partial charge is 0.319 e. The van der Waals surface area contributed by atoms with E-state index in [2.05, 4.69) is 19.2 Å². The molecule has 0 aliphatic carbocycles. The summed E-state index contributed by atoms with van der Waals surface area (Å²) in [6, 6.07) is 0. The third-order valence-electron chi connectivity index (χ3n) is 1.78. The minimum absolute atomic E-state index is 0.288. The van der Waals surface area contributed by atoms with Crippen LogP contribution in [0.5, 0.6) is 0 Å². The highest BCUT2D eigenvalue weighted by Crippen LogP contribution is 2.20. The van der Waals surface area contributed by atoms with Crippen molar-refractivity contribution in [2.45, 2.75) is 20.3 Å². The van der Waals surface area contributed by atoms with Gasteiger partial charge in [0.15, 0.2) is 0 Å². The van der Waals surface area contributed by atoms with Gasteiger partial charge in [0.2, 0.25) is 0 Å². The minimum atomic E-state index is 0.288. The van der Waals surface area contributed by atoms with E-state index in [4.69, 9.17) is 11.6 Å². The zero-order chi connectivity index (χ0) is 7.33. The highest BCUT2D eigenvalue weighted by Gasteiger charge is 2.18. The van der Waals surface area contributed by atoms with Gasteiger partial charge in [0.1, 0.15) is 0 Å². The van der Waals surface area contributed by atoms with Crippen molar-refractivity contribution in [1.82, 2.24) is 5.32 Å². The minimum Gasteiger partial charge on any atom is -0.319 e. The molecule has 0 spiro atoms. The molecule has 1 unspecified atom stereocenters. The molecule has 0 aromatic rings. The molecule has 56 valence electrons. The van der Waals surface area contributed by atoms with Crippen LogP contribution in [0.3, 0.4) is 0 Å². The average molecular weight is 150 g/mol. The van der Waals surface area contributed by atoms with Crippen molar-refractivity contribution in [2.24, 2.45) is 5.41 Å². The second kappa shape index (κ2) is 4.13. The van der Waals surface area contributed by atoms with Crippen LogP contribution in [0.2, 0.25) is 0 Å². The molecular weight excluding hydrogens is 134 g/mol. The van der Waals surface area contributed by atoms with Crippen LogP contribution in [0, 0.1) is 5.41 Å². The van der Waals surface area contributed by atoms with Gasteiger partial charge in [-0.2, -0.15) is 0 Å². The summed E-state index contributed by atoms with van der Waals surface area (Å²) in [6.45, 7) is 5.36. The molecule has 9 heavy (non-hydrogen) atoms. The normalized spacial score (nSPS) is 17.3. The van der Waals surface area contributed by atoms with Crippen LogP contribution in [0.4, 0.5) is 0 Å². The van der Waals surface area contributed by atoms with Crippen LogP contribution < -0.4 is 5.32 Å². The Balaban J connectivity index is 3.62. The molecule has 1 nitrogen and oxygen atoms in total. The lowest BCUT2D eigenvalue weighted by molar-refractivity contribution is 0.345. The quantitative estimate of drug-likeness (QED) is 0.602. The van der Waals surface area contributed by atoms with Gasteiger partial charge in [-0.3, -0.25) is 0 Å². The number of rotatable bonds is 4. The summed E-state index contributed by atoms with van der Waals surface area (Å²) in [5.74, 6) is 0.740. The van der Waals surface area contributed by atoms with Crippen LogP contribution in [-0.4, -0.2) is 19.5 Å². The standard InChI is InChI=1S/C7H16ClN/c1-4-7(2,5-8)6-9-3/h9H,4-6H2,1-3H3. The monoisotopic (exact) mass is 149 g/mol. The Labute approximate surface area is 62.8 Å². The van der Waals surface area contributed by atoms with Crippen molar-refractivity contribution in [3.8, 4) is 0 Å². The van der Waals surface area contributed by atoms with Gasteiger partial charge in [-0.15, -0.1) is 11.6 Å². The van der Waals surface area contributed by atoms with Crippen LogP contribution in [0.25, 0.3) is 0 Å². The second-order valence-corrected chi connectivity index (χ2v) is 3.10. The van der Waals surface area contributed by atoms with Crippen molar-refractivity contribution < 1.29 is 0 Å². The summed E-state index contributed by atoms with van der Waals surface area (Å²) in [7, 11) is 1.96. The highest BCUT2D eigenvalue weighted by molar-refractivity contribution is 6.18. The number of halogens is 1. The van der Waals surface area contributed by atoms with Crippen molar-refractivity contribution in [2.75, 3.05) is 19.5 Å². The molecule has 0 fully saturated rings. The zero-order valence-corrected chi connectivity index (χ0v) is 7.26. The van der Waals surface area contributed by atoms with Gasteiger partial charge in [-0.25, -0.2) is 0 Å². The summed E-state index contributed by atoms with van der Waals surface area (Å²) in [6.07, 6.45) is 1.14. The van der Waals surface area contributed by atoms with Crippen molar-refractivity contribution in [1.29, 1.82) is 0 Å². The Bertz CT molecular complexity index is 69.3. The molecule has 0 aromatic carbocycles. The van der Waals surface area contributed by atoms with Gasteiger partial charge in [0.25, 0.3) is 0 Å². The molecule has 0 amide bonds. The van der Waals surface area contributed by atoms with E-state index in [1.54, 1.807) is 0 Å². The molecule has 1 N–H and O–H groups in total. The van der Waals surface area contributed by atoms with Gasteiger partial charge in [-0.05, 0) is 18.9 Å². The van der Waals surface area contributed by atoms with Gasteiger partial charge in [-0.1, -0.05) is 13.8 Å². The van der Waals surface area contributed by atoms with E-state index in [9.17, 15) is 0 Å². The third-order valence-corrected chi connectivity index (χ3v) is 2.42. The van der Waals surface area contributed by atoms with E-state index >= 15 is 0 Å². The maximum atomic E-state index is 5.75. The smallest absolute Gasteiger partial charge is 0.0289 e. The lowest BCUT2D eigenvalue weighted by atomic mass is 9.90. The number of nitrogens with one attached hydrogen (secondary N) is 1. The molecule has 0 saturated carbocycles. The number of hydrogen-bond acceptors (Lipinski definition) is 1. The zero-order valence-electron chi connectivity index (χ0n) is 6.50. The van der Waals surface area contributed by atoms with E-state index in [1.807, 2.05) is 7.05 Å². The van der Waals surface area contributed by atoms with Gasteiger partial charge in [0.05, 0.1) is 0 Å².